The van der Waals surface area contributed by atoms with Gasteiger partial charge in [-0.1, -0.05) is 59.6 Å². The molecule has 0 saturated heterocycles. The smallest absolute Gasteiger partial charge is 0.272 e. The normalized spacial score (nSPS) is 15.6. The second-order valence-electron chi connectivity index (χ2n) is 7.34. The Hall–Kier alpha value is -3.22. The number of likely N-dealkylation sites (N-methyl/N-ethyl adjacent to an activating group) is 1. The van der Waals surface area contributed by atoms with Gasteiger partial charge in [0.1, 0.15) is 0 Å². The second-order valence-corrected chi connectivity index (χ2v) is 8.18. The number of fused-ring (bicyclic) bond motifs is 1. The van der Waals surface area contributed by atoms with E-state index in [1.54, 1.807) is 37.6 Å². The Morgan fingerprint density at radius 3 is 2.66 bits per heavy atom. The summed E-state index contributed by atoms with van der Waals surface area (Å²) in [6.07, 6.45) is 2.79. The molecule has 0 saturated carbocycles. The Kier molecular flexibility index (Phi) is 6.53. The monoisotopic (exact) mass is 466 g/mol. The van der Waals surface area contributed by atoms with E-state index in [1.165, 1.54) is 4.90 Å². The van der Waals surface area contributed by atoms with Gasteiger partial charge < -0.3 is 10.2 Å². The predicted molar refractivity (Wildman–Crippen MR) is 126 cm³/mol. The number of nitrogens with one attached hydrogen (secondary N) is 1. The number of rotatable bonds is 5. The number of pyridine rings is 1. The minimum absolute atomic E-state index is 0.152. The van der Waals surface area contributed by atoms with Crippen molar-refractivity contribution in [2.45, 2.75) is 19.0 Å². The van der Waals surface area contributed by atoms with E-state index in [9.17, 15) is 9.59 Å². The first-order valence-corrected chi connectivity index (χ1v) is 10.8. The maximum atomic E-state index is 13.1. The molecule has 0 aliphatic carbocycles. The Morgan fingerprint density at radius 1 is 1.12 bits per heavy atom. The lowest BCUT2D eigenvalue weighted by Crippen LogP contribution is -2.46. The van der Waals surface area contributed by atoms with E-state index in [2.05, 4.69) is 15.3 Å². The summed E-state index contributed by atoms with van der Waals surface area (Å²) < 4.78 is 0. The lowest BCUT2D eigenvalue weighted by atomic mass is 10.0. The zero-order valence-electron chi connectivity index (χ0n) is 17.3. The van der Waals surface area contributed by atoms with E-state index in [4.69, 9.17) is 23.2 Å². The number of aliphatic imine (C=N–C) groups is 1. The van der Waals surface area contributed by atoms with Crippen molar-refractivity contribution < 1.29 is 9.59 Å². The van der Waals surface area contributed by atoms with Crippen LogP contribution in [-0.4, -0.2) is 35.7 Å². The summed E-state index contributed by atoms with van der Waals surface area (Å²) in [4.78, 5) is 36.1. The minimum atomic E-state index is -1.06. The fourth-order valence-electron chi connectivity index (χ4n) is 3.53. The van der Waals surface area contributed by atoms with Gasteiger partial charge in [0.15, 0.2) is 0 Å². The van der Waals surface area contributed by atoms with Crippen LogP contribution in [0, 0.1) is 0 Å². The van der Waals surface area contributed by atoms with Crippen LogP contribution in [0.4, 0.5) is 5.69 Å². The predicted octanol–water partition coefficient (Wildman–Crippen LogP) is 4.28. The average Bonchev–Trinajstić information content (AvgIpc) is 2.90. The van der Waals surface area contributed by atoms with Gasteiger partial charge >= 0.3 is 0 Å². The van der Waals surface area contributed by atoms with Gasteiger partial charge in [-0.3, -0.25) is 14.6 Å². The van der Waals surface area contributed by atoms with Crippen molar-refractivity contribution in [1.29, 1.82) is 0 Å². The van der Waals surface area contributed by atoms with Crippen LogP contribution in [0.5, 0.6) is 0 Å². The standard InChI is InChI=1S/C24H20Cl2N4O2/c1-30-20-14-27-12-11-18(20)22(16-5-3-2-4-6-16)29-23(24(30)32)28-21(31)10-8-15-7-9-17(25)13-19(15)26/h2-7,9,11-14,23H,8,10H2,1H3,(H,28,31). The summed E-state index contributed by atoms with van der Waals surface area (Å²) in [5.41, 5.74) is 3.67. The number of anilines is 1. The van der Waals surface area contributed by atoms with E-state index in [0.29, 0.717) is 27.9 Å². The molecule has 1 N–H and O–H groups in total. The van der Waals surface area contributed by atoms with Crippen molar-refractivity contribution in [3.8, 4) is 0 Å². The Bertz CT molecular complexity index is 1200. The van der Waals surface area contributed by atoms with E-state index in [-0.39, 0.29) is 18.2 Å². The van der Waals surface area contributed by atoms with Gasteiger partial charge in [0.05, 0.1) is 17.6 Å². The first kappa shape index (κ1) is 22.0. The van der Waals surface area contributed by atoms with Gasteiger partial charge in [-0.2, -0.15) is 0 Å². The number of nitrogens with zero attached hydrogens (tertiary/aromatic N) is 3. The first-order chi connectivity index (χ1) is 15.4. The highest BCUT2D eigenvalue weighted by Gasteiger charge is 2.31. The summed E-state index contributed by atoms with van der Waals surface area (Å²) in [5.74, 6) is -0.647. The van der Waals surface area contributed by atoms with Crippen molar-refractivity contribution in [3.05, 3.63) is 93.7 Å². The van der Waals surface area contributed by atoms with Crippen LogP contribution in [0.3, 0.4) is 0 Å². The second kappa shape index (κ2) is 9.51. The number of aromatic nitrogens is 1. The average molecular weight is 467 g/mol. The highest BCUT2D eigenvalue weighted by molar-refractivity contribution is 6.35. The van der Waals surface area contributed by atoms with E-state index in [1.807, 2.05) is 36.4 Å². The Balaban J connectivity index is 1.60. The van der Waals surface area contributed by atoms with Crippen LogP contribution in [0.1, 0.15) is 23.1 Å². The number of benzene rings is 2. The lowest BCUT2D eigenvalue weighted by molar-refractivity contribution is -0.127. The molecule has 0 bridgehead atoms. The molecule has 0 radical (unpaired) electrons. The highest BCUT2D eigenvalue weighted by atomic mass is 35.5. The van der Waals surface area contributed by atoms with Crippen molar-refractivity contribution in [2.24, 2.45) is 4.99 Å². The topological polar surface area (TPSA) is 74.7 Å². The summed E-state index contributed by atoms with van der Waals surface area (Å²) in [6, 6.07) is 16.5. The zero-order chi connectivity index (χ0) is 22.7. The van der Waals surface area contributed by atoms with Crippen molar-refractivity contribution in [3.63, 3.8) is 0 Å². The third kappa shape index (κ3) is 4.66. The molecule has 1 atom stereocenters. The fraction of sp³-hybridized carbons (Fsp3) is 0.167. The van der Waals surface area contributed by atoms with Crippen LogP contribution in [0.15, 0.2) is 72.0 Å². The molecule has 0 fully saturated rings. The molecule has 32 heavy (non-hydrogen) atoms. The summed E-state index contributed by atoms with van der Waals surface area (Å²) >= 11 is 12.1. The number of carbonyl (C=O) groups excluding carboxylic acids is 2. The number of amides is 2. The van der Waals surface area contributed by atoms with Crippen LogP contribution in [-0.2, 0) is 16.0 Å². The summed E-state index contributed by atoms with van der Waals surface area (Å²) in [6.45, 7) is 0. The maximum Gasteiger partial charge on any atom is 0.272 e. The van der Waals surface area contributed by atoms with Gasteiger partial charge in [0, 0.05) is 40.8 Å². The number of carbonyl (C=O) groups is 2. The van der Waals surface area contributed by atoms with Gasteiger partial charge in [-0.05, 0) is 30.2 Å². The first-order valence-electron chi connectivity index (χ1n) is 10.0. The number of aryl methyl sites for hydroxylation is 1. The zero-order valence-corrected chi connectivity index (χ0v) is 18.8. The quantitative estimate of drug-likeness (QED) is 0.609. The molecule has 2 amide bonds. The molecule has 4 rings (SSSR count). The van der Waals surface area contributed by atoms with Gasteiger partial charge in [-0.25, -0.2) is 4.99 Å². The fourth-order valence-corrected chi connectivity index (χ4v) is 4.03. The Morgan fingerprint density at radius 2 is 1.91 bits per heavy atom. The molecular formula is C24H20Cl2N4O2. The Labute approximate surface area is 195 Å². The number of hydrogen-bond donors (Lipinski definition) is 1. The molecule has 1 aliphatic rings. The van der Waals surface area contributed by atoms with E-state index < -0.39 is 6.17 Å². The lowest BCUT2D eigenvalue weighted by Gasteiger charge is -2.20. The van der Waals surface area contributed by atoms with Crippen LogP contribution < -0.4 is 10.2 Å². The van der Waals surface area contributed by atoms with Crippen molar-refractivity contribution in [1.82, 2.24) is 10.3 Å². The van der Waals surface area contributed by atoms with E-state index in [0.717, 1.165) is 16.7 Å². The highest BCUT2D eigenvalue weighted by Crippen LogP contribution is 2.26. The molecule has 1 unspecified atom stereocenters. The molecule has 1 aromatic heterocycles. The molecule has 3 aromatic rings. The maximum absolute atomic E-state index is 13.1. The molecule has 2 heterocycles. The third-order valence-electron chi connectivity index (χ3n) is 5.22. The van der Waals surface area contributed by atoms with Crippen LogP contribution >= 0.6 is 23.2 Å². The van der Waals surface area contributed by atoms with Crippen LogP contribution in [0.25, 0.3) is 0 Å². The number of hydrogen-bond acceptors (Lipinski definition) is 4. The molecule has 2 aromatic carbocycles. The SMILES string of the molecule is CN1C(=O)C(NC(=O)CCc2ccc(Cl)cc2Cl)N=C(c2ccccc2)c2ccncc21. The van der Waals surface area contributed by atoms with Crippen molar-refractivity contribution >= 4 is 46.4 Å². The molecular weight excluding hydrogens is 447 g/mol. The van der Waals surface area contributed by atoms with Crippen LogP contribution in [0.2, 0.25) is 10.0 Å². The summed E-state index contributed by atoms with van der Waals surface area (Å²) in [7, 11) is 1.65. The molecule has 162 valence electrons. The van der Waals surface area contributed by atoms with Gasteiger partial charge in [0.2, 0.25) is 12.1 Å². The van der Waals surface area contributed by atoms with E-state index >= 15 is 0 Å². The summed E-state index contributed by atoms with van der Waals surface area (Å²) in [5, 5.41) is 3.80. The third-order valence-corrected chi connectivity index (χ3v) is 5.81. The number of halogens is 2. The molecule has 8 heteroatoms. The van der Waals surface area contributed by atoms with Crippen molar-refractivity contribution in [2.75, 3.05) is 11.9 Å². The largest absolute Gasteiger partial charge is 0.327 e. The molecule has 1 aliphatic heterocycles. The minimum Gasteiger partial charge on any atom is -0.327 e. The molecule has 0 spiro atoms. The van der Waals surface area contributed by atoms with Gasteiger partial charge in [0.25, 0.3) is 5.91 Å². The van der Waals surface area contributed by atoms with Gasteiger partial charge in [-0.15, -0.1) is 0 Å². The molecule has 6 nitrogen and oxygen atoms in total.